The molecule has 0 saturated carbocycles. The van der Waals surface area contributed by atoms with E-state index in [1.165, 1.54) is 0 Å². The molecule has 3 aromatic heterocycles. The molecule has 3 N–H and O–H groups in total. The number of phenolic OH excluding ortho intramolecular Hbond substituents is 1. The predicted octanol–water partition coefficient (Wildman–Crippen LogP) is 3.16. The third kappa shape index (κ3) is 2.96. The van der Waals surface area contributed by atoms with E-state index in [-0.39, 0.29) is 17.1 Å². The summed E-state index contributed by atoms with van der Waals surface area (Å²) in [6.07, 6.45) is 5.13. The molecule has 0 aliphatic rings. The van der Waals surface area contributed by atoms with Crippen LogP contribution in [0.25, 0.3) is 28.5 Å². The lowest BCUT2D eigenvalue weighted by Gasteiger charge is -2.12. The van der Waals surface area contributed by atoms with E-state index in [2.05, 4.69) is 21.0 Å². The van der Waals surface area contributed by atoms with Gasteiger partial charge in [0.1, 0.15) is 23.2 Å². The molecule has 0 atom stereocenters. The van der Waals surface area contributed by atoms with Crippen LogP contribution in [-0.2, 0) is 0 Å². The van der Waals surface area contributed by atoms with Crippen LogP contribution in [0.4, 0.5) is 5.82 Å². The second kappa shape index (κ2) is 6.61. The van der Waals surface area contributed by atoms with Crippen molar-refractivity contribution in [2.24, 2.45) is 0 Å². The molecule has 7 nitrogen and oxygen atoms in total. The molecule has 4 rings (SSSR count). The van der Waals surface area contributed by atoms with Gasteiger partial charge in [-0.3, -0.25) is 4.57 Å². The summed E-state index contributed by atoms with van der Waals surface area (Å²) in [5.41, 5.74) is 9.09. The van der Waals surface area contributed by atoms with Crippen molar-refractivity contribution in [1.82, 2.24) is 19.5 Å². The standard InChI is InChI=1S/C20H14N6O/c21-12-16-15(18-3-1-10-26(18)20-23-8-2-9-24-20)11-17(25-19(16)22)13-4-6-14(27)7-5-13/h1-11,27H,(H2,22,25). The number of nitrogens with two attached hydrogens (primary N) is 1. The molecular formula is C20H14N6O. The molecule has 0 spiro atoms. The van der Waals surface area contributed by atoms with Crippen molar-refractivity contribution in [1.29, 1.82) is 5.26 Å². The van der Waals surface area contributed by atoms with Crippen LogP contribution in [0.1, 0.15) is 5.56 Å². The molecule has 4 aromatic rings. The Morgan fingerprint density at radius 1 is 1.04 bits per heavy atom. The van der Waals surface area contributed by atoms with Crippen molar-refractivity contribution in [3.63, 3.8) is 0 Å². The minimum atomic E-state index is 0.139. The third-order valence-corrected chi connectivity index (χ3v) is 4.11. The third-order valence-electron chi connectivity index (χ3n) is 4.11. The van der Waals surface area contributed by atoms with E-state index < -0.39 is 0 Å². The normalized spacial score (nSPS) is 10.5. The molecule has 0 bridgehead atoms. The summed E-state index contributed by atoms with van der Waals surface area (Å²) < 4.78 is 1.79. The Kier molecular flexibility index (Phi) is 3.99. The van der Waals surface area contributed by atoms with Crippen molar-refractivity contribution >= 4 is 5.82 Å². The first-order valence-electron chi connectivity index (χ1n) is 8.12. The highest BCUT2D eigenvalue weighted by molar-refractivity contribution is 5.79. The Morgan fingerprint density at radius 3 is 2.48 bits per heavy atom. The van der Waals surface area contributed by atoms with Crippen LogP contribution in [0.3, 0.4) is 0 Å². The van der Waals surface area contributed by atoms with Crippen LogP contribution < -0.4 is 5.73 Å². The molecule has 0 unspecified atom stereocenters. The summed E-state index contributed by atoms with van der Waals surface area (Å²) in [7, 11) is 0. The van der Waals surface area contributed by atoms with E-state index >= 15 is 0 Å². The number of nitriles is 1. The zero-order valence-corrected chi connectivity index (χ0v) is 14.1. The average Bonchev–Trinajstić information content (AvgIpc) is 3.18. The van der Waals surface area contributed by atoms with Gasteiger partial charge in [-0.15, -0.1) is 0 Å². The smallest absolute Gasteiger partial charge is 0.234 e. The van der Waals surface area contributed by atoms with Crippen molar-refractivity contribution in [3.8, 4) is 40.3 Å². The van der Waals surface area contributed by atoms with Gasteiger partial charge in [-0.05, 0) is 48.5 Å². The molecule has 0 amide bonds. The van der Waals surface area contributed by atoms with Crippen LogP contribution in [0.5, 0.6) is 5.75 Å². The second-order valence-corrected chi connectivity index (χ2v) is 5.79. The maximum atomic E-state index is 9.61. The largest absolute Gasteiger partial charge is 0.508 e. The van der Waals surface area contributed by atoms with Gasteiger partial charge in [0.25, 0.3) is 0 Å². The number of phenols is 1. The first-order valence-corrected chi connectivity index (χ1v) is 8.12. The molecule has 130 valence electrons. The van der Waals surface area contributed by atoms with Crippen LogP contribution in [-0.4, -0.2) is 24.6 Å². The van der Waals surface area contributed by atoms with E-state index in [1.54, 1.807) is 53.4 Å². The van der Waals surface area contributed by atoms with Crippen LogP contribution in [0.15, 0.2) is 67.1 Å². The highest BCUT2D eigenvalue weighted by Gasteiger charge is 2.17. The van der Waals surface area contributed by atoms with Gasteiger partial charge < -0.3 is 10.8 Å². The maximum Gasteiger partial charge on any atom is 0.234 e. The molecule has 0 saturated heterocycles. The maximum absolute atomic E-state index is 9.61. The van der Waals surface area contributed by atoms with E-state index in [1.807, 2.05) is 18.3 Å². The highest BCUT2D eigenvalue weighted by atomic mass is 16.3. The quantitative estimate of drug-likeness (QED) is 0.584. The van der Waals surface area contributed by atoms with Crippen LogP contribution in [0.2, 0.25) is 0 Å². The second-order valence-electron chi connectivity index (χ2n) is 5.79. The molecule has 0 radical (unpaired) electrons. The predicted molar refractivity (Wildman–Crippen MR) is 101 cm³/mol. The first-order chi connectivity index (χ1) is 13.2. The van der Waals surface area contributed by atoms with E-state index in [0.717, 1.165) is 11.3 Å². The van der Waals surface area contributed by atoms with Gasteiger partial charge in [0.2, 0.25) is 5.95 Å². The molecule has 1 aromatic carbocycles. The summed E-state index contributed by atoms with van der Waals surface area (Å²) in [5, 5.41) is 19.1. The molecule has 27 heavy (non-hydrogen) atoms. The van der Waals surface area contributed by atoms with Gasteiger partial charge in [0, 0.05) is 29.7 Å². The monoisotopic (exact) mass is 354 g/mol. The number of benzene rings is 1. The minimum absolute atomic E-state index is 0.139. The van der Waals surface area contributed by atoms with Gasteiger partial charge in [0.05, 0.1) is 11.4 Å². The Hall–Kier alpha value is -4.18. The van der Waals surface area contributed by atoms with E-state index in [0.29, 0.717) is 17.2 Å². The lowest BCUT2D eigenvalue weighted by Crippen LogP contribution is -2.04. The Labute approximate surface area is 155 Å². The topological polar surface area (TPSA) is 114 Å². The van der Waals surface area contributed by atoms with Gasteiger partial charge >= 0.3 is 0 Å². The number of anilines is 1. The van der Waals surface area contributed by atoms with Crippen molar-refractivity contribution in [2.75, 3.05) is 5.73 Å². The summed E-state index contributed by atoms with van der Waals surface area (Å²) in [6.45, 7) is 0. The SMILES string of the molecule is N#Cc1c(-c2cccn2-c2ncccn2)cc(-c2ccc(O)cc2)nc1N. The number of aromatic nitrogens is 4. The fourth-order valence-electron chi connectivity index (χ4n) is 2.85. The number of pyridine rings is 1. The number of hydrogen-bond donors (Lipinski definition) is 2. The number of aromatic hydroxyl groups is 1. The Bertz CT molecular complexity index is 1140. The molecule has 3 heterocycles. The molecular weight excluding hydrogens is 340 g/mol. The Morgan fingerprint density at radius 2 is 1.78 bits per heavy atom. The van der Waals surface area contributed by atoms with Gasteiger partial charge in [-0.2, -0.15) is 5.26 Å². The zero-order chi connectivity index (χ0) is 18.8. The van der Waals surface area contributed by atoms with E-state index in [4.69, 9.17) is 5.73 Å². The first kappa shape index (κ1) is 16.3. The number of nitrogens with zero attached hydrogens (tertiary/aromatic N) is 5. The molecule has 0 aliphatic heterocycles. The fourth-order valence-corrected chi connectivity index (χ4v) is 2.85. The lowest BCUT2D eigenvalue weighted by atomic mass is 10.0. The minimum Gasteiger partial charge on any atom is -0.508 e. The zero-order valence-electron chi connectivity index (χ0n) is 14.1. The number of nitrogen functional groups attached to an aromatic ring is 1. The van der Waals surface area contributed by atoms with Gasteiger partial charge in [0.15, 0.2) is 0 Å². The van der Waals surface area contributed by atoms with E-state index in [9.17, 15) is 10.4 Å². The van der Waals surface area contributed by atoms with Crippen molar-refractivity contribution in [3.05, 3.63) is 72.7 Å². The van der Waals surface area contributed by atoms with Crippen molar-refractivity contribution < 1.29 is 5.11 Å². The molecule has 7 heteroatoms. The Balaban J connectivity index is 1.92. The summed E-state index contributed by atoms with van der Waals surface area (Å²) in [5.74, 6) is 0.790. The highest BCUT2D eigenvalue weighted by Crippen LogP contribution is 2.32. The summed E-state index contributed by atoms with van der Waals surface area (Å²) >= 11 is 0. The van der Waals surface area contributed by atoms with Gasteiger partial charge in [-0.25, -0.2) is 15.0 Å². The average molecular weight is 354 g/mol. The number of hydrogen-bond acceptors (Lipinski definition) is 6. The van der Waals surface area contributed by atoms with Crippen molar-refractivity contribution in [2.45, 2.75) is 0 Å². The molecule has 0 aliphatic carbocycles. The lowest BCUT2D eigenvalue weighted by molar-refractivity contribution is 0.475. The summed E-state index contributed by atoms with van der Waals surface area (Å²) in [6, 6.07) is 16.0. The molecule has 0 fully saturated rings. The fraction of sp³-hybridized carbons (Fsp3) is 0. The number of rotatable bonds is 3. The van der Waals surface area contributed by atoms with Gasteiger partial charge in [-0.1, -0.05) is 0 Å². The van der Waals surface area contributed by atoms with Crippen LogP contribution in [0, 0.1) is 11.3 Å². The van der Waals surface area contributed by atoms with Crippen LogP contribution >= 0.6 is 0 Å². The summed E-state index contributed by atoms with van der Waals surface area (Å²) in [4.78, 5) is 12.9.